The van der Waals surface area contributed by atoms with E-state index in [4.69, 9.17) is 11.6 Å². The predicted octanol–water partition coefficient (Wildman–Crippen LogP) is 4.94. The molecule has 182 valence electrons. The largest absolute Gasteiger partial charge is 0.347 e. The molecule has 0 radical (unpaired) electrons. The van der Waals surface area contributed by atoms with Crippen LogP contribution in [0.15, 0.2) is 42.5 Å². The summed E-state index contributed by atoms with van der Waals surface area (Å²) in [5.41, 5.74) is 1.37. The molecule has 5 rings (SSSR count). The monoisotopic (exact) mass is 510 g/mol. The zero-order valence-electron chi connectivity index (χ0n) is 19.3. The van der Waals surface area contributed by atoms with Crippen molar-refractivity contribution in [3.8, 4) is 0 Å². The Kier molecular flexibility index (Phi) is 7.02. The Hall–Kier alpha value is -2.97. The first-order chi connectivity index (χ1) is 17.0. The molecule has 2 N–H and O–H groups in total. The van der Waals surface area contributed by atoms with Crippen LogP contribution in [0.5, 0.6) is 0 Å². The van der Waals surface area contributed by atoms with Crippen molar-refractivity contribution in [3.63, 3.8) is 0 Å². The quantitative estimate of drug-likeness (QED) is 0.476. The molecule has 9 heteroatoms. The molecule has 3 heterocycles. The summed E-state index contributed by atoms with van der Waals surface area (Å²) < 4.78 is 0. The number of pyridine rings is 1. The first kappa shape index (κ1) is 23.8. The van der Waals surface area contributed by atoms with Crippen LogP contribution in [0.3, 0.4) is 0 Å². The molecule has 1 aliphatic carbocycles. The minimum Gasteiger partial charge on any atom is -0.347 e. The molecule has 1 saturated heterocycles. The third-order valence-corrected chi connectivity index (χ3v) is 7.99. The molecule has 1 aliphatic heterocycles. The number of nitrogens with one attached hydrogen (secondary N) is 2. The molecule has 2 aromatic heterocycles. The number of hydrogen-bond acceptors (Lipinski definition) is 5. The average molecular weight is 511 g/mol. The number of aromatic nitrogens is 1. The number of fused-ring (bicyclic) bond motifs is 1. The van der Waals surface area contributed by atoms with Gasteiger partial charge in [0.2, 0.25) is 5.91 Å². The van der Waals surface area contributed by atoms with E-state index < -0.39 is 0 Å². The van der Waals surface area contributed by atoms with Crippen molar-refractivity contribution in [2.75, 3.05) is 11.4 Å². The van der Waals surface area contributed by atoms with Gasteiger partial charge in [0.05, 0.1) is 4.88 Å². The van der Waals surface area contributed by atoms with Gasteiger partial charge < -0.3 is 15.5 Å². The van der Waals surface area contributed by atoms with Gasteiger partial charge in [-0.05, 0) is 68.1 Å². The fraction of sp³-hybridized carbons (Fsp3) is 0.385. The van der Waals surface area contributed by atoms with Crippen molar-refractivity contribution in [2.24, 2.45) is 0 Å². The van der Waals surface area contributed by atoms with Crippen LogP contribution in [0, 0.1) is 0 Å². The number of thiophene rings is 1. The number of nitrogens with zero attached hydrogens (tertiary/aromatic N) is 2. The molecule has 1 saturated carbocycles. The van der Waals surface area contributed by atoms with Gasteiger partial charge in [0.15, 0.2) is 0 Å². The smallest absolute Gasteiger partial charge is 0.261 e. The molecule has 7 nitrogen and oxygen atoms in total. The molecule has 2 unspecified atom stereocenters. The number of carbonyl (C=O) groups is 3. The second kappa shape index (κ2) is 10.3. The van der Waals surface area contributed by atoms with Crippen molar-refractivity contribution in [3.05, 3.63) is 58.1 Å². The zero-order valence-corrected chi connectivity index (χ0v) is 20.8. The Bertz CT molecular complexity index is 1260. The molecule has 2 aliphatic rings. The molecule has 35 heavy (non-hydrogen) atoms. The Balaban J connectivity index is 1.24. The number of rotatable bonds is 5. The lowest BCUT2D eigenvalue weighted by Crippen LogP contribution is -2.53. The Morgan fingerprint density at radius 2 is 1.66 bits per heavy atom. The number of halogens is 1. The van der Waals surface area contributed by atoms with Crippen LogP contribution in [-0.2, 0) is 4.79 Å². The highest BCUT2D eigenvalue weighted by Crippen LogP contribution is 2.27. The molecule has 0 bridgehead atoms. The number of carbonyl (C=O) groups excluding carboxylic acids is 3. The number of anilines is 1. The van der Waals surface area contributed by atoms with Crippen LogP contribution in [0.25, 0.3) is 10.2 Å². The van der Waals surface area contributed by atoms with Gasteiger partial charge in [-0.2, -0.15) is 0 Å². The topological polar surface area (TPSA) is 91.4 Å². The third-order valence-electron chi connectivity index (χ3n) is 6.74. The van der Waals surface area contributed by atoms with E-state index in [0.29, 0.717) is 22.0 Å². The number of benzene rings is 1. The minimum absolute atomic E-state index is 0.131. The lowest BCUT2D eigenvalue weighted by atomic mass is 9.90. The second-order valence-corrected chi connectivity index (χ2v) is 10.6. The van der Waals surface area contributed by atoms with E-state index in [-0.39, 0.29) is 29.8 Å². The third kappa shape index (κ3) is 5.33. The zero-order chi connectivity index (χ0) is 24.4. The van der Waals surface area contributed by atoms with E-state index in [9.17, 15) is 14.4 Å². The second-order valence-electron chi connectivity index (χ2n) is 9.13. The fourth-order valence-corrected chi connectivity index (χ4v) is 5.98. The van der Waals surface area contributed by atoms with Gasteiger partial charge in [-0.3, -0.25) is 14.4 Å². The van der Waals surface area contributed by atoms with E-state index in [1.54, 1.807) is 23.1 Å². The first-order valence-electron chi connectivity index (χ1n) is 12.1. The van der Waals surface area contributed by atoms with Crippen LogP contribution >= 0.6 is 22.9 Å². The van der Waals surface area contributed by atoms with Gasteiger partial charge in [0.1, 0.15) is 9.98 Å². The van der Waals surface area contributed by atoms with Crippen LogP contribution in [0.4, 0.5) is 5.69 Å². The van der Waals surface area contributed by atoms with Crippen molar-refractivity contribution >= 4 is 56.6 Å². The van der Waals surface area contributed by atoms with Gasteiger partial charge >= 0.3 is 0 Å². The Morgan fingerprint density at radius 1 is 0.943 bits per heavy atom. The number of hydrogen-bond donors (Lipinski definition) is 2. The van der Waals surface area contributed by atoms with E-state index in [0.717, 1.165) is 61.0 Å². The SMILES string of the molecule is O=C(NC1CCCCC1NC(=O)c1cc2ccc(Cl)nc2s1)c1ccc(N2CCCCC2=O)cc1. The highest BCUT2D eigenvalue weighted by molar-refractivity contribution is 7.20. The molecule has 3 amide bonds. The first-order valence-corrected chi connectivity index (χ1v) is 13.3. The molecular weight excluding hydrogens is 484 g/mol. The van der Waals surface area contributed by atoms with Crippen LogP contribution in [-0.4, -0.2) is 41.3 Å². The molecule has 2 atom stereocenters. The summed E-state index contributed by atoms with van der Waals surface area (Å²) in [5, 5.41) is 7.53. The minimum atomic E-state index is -0.173. The maximum atomic E-state index is 13.0. The highest BCUT2D eigenvalue weighted by atomic mass is 35.5. The van der Waals surface area contributed by atoms with Crippen molar-refractivity contribution in [1.82, 2.24) is 15.6 Å². The Morgan fingerprint density at radius 3 is 2.37 bits per heavy atom. The molecule has 1 aromatic carbocycles. The summed E-state index contributed by atoms with van der Waals surface area (Å²) in [5.74, 6) is -0.203. The van der Waals surface area contributed by atoms with E-state index in [1.165, 1.54) is 11.3 Å². The lowest BCUT2D eigenvalue weighted by Gasteiger charge is -2.32. The van der Waals surface area contributed by atoms with Crippen molar-refractivity contribution in [2.45, 2.75) is 57.0 Å². The molecular formula is C26H27ClN4O3S. The Labute approximate surface area is 212 Å². The van der Waals surface area contributed by atoms with Gasteiger partial charge in [-0.25, -0.2) is 4.98 Å². The summed E-state index contributed by atoms with van der Waals surface area (Å²) in [6, 6.07) is 12.3. The van der Waals surface area contributed by atoms with Crippen molar-refractivity contribution in [1.29, 1.82) is 0 Å². The lowest BCUT2D eigenvalue weighted by molar-refractivity contribution is -0.119. The summed E-state index contributed by atoms with van der Waals surface area (Å²) in [7, 11) is 0. The summed E-state index contributed by atoms with van der Waals surface area (Å²) >= 11 is 7.28. The predicted molar refractivity (Wildman–Crippen MR) is 138 cm³/mol. The molecule has 2 fully saturated rings. The summed E-state index contributed by atoms with van der Waals surface area (Å²) in [4.78, 5) is 45.5. The van der Waals surface area contributed by atoms with Crippen LogP contribution in [0.2, 0.25) is 5.15 Å². The highest BCUT2D eigenvalue weighted by Gasteiger charge is 2.29. The van der Waals surface area contributed by atoms with Crippen LogP contribution in [0.1, 0.15) is 65.0 Å². The molecule has 3 aromatic rings. The summed E-state index contributed by atoms with van der Waals surface area (Å²) in [6.07, 6.45) is 6.11. The van der Waals surface area contributed by atoms with Gasteiger partial charge in [0.25, 0.3) is 11.8 Å². The summed E-state index contributed by atoms with van der Waals surface area (Å²) in [6.45, 7) is 0.719. The van der Waals surface area contributed by atoms with Gasteiger partial charge in [-0.1, -0.05) is 24.4 Å². The number of amides is 3. The maximum Gasteiger partial charge on any atom is 0.261 e. The van der Waals surface area contributed by atoms with Gasteiger partial charge in [-0.15, -0.1) is 11.3 Å². The standard InChI is InChI=1S/C26H27ClN4O3S/c27-22-13-10-17-15-21(35-26(17)30-22)25(34)29-20-6-2-1-5-19(20)28-24(33)16-8-11-18(12-9-16)31-14-4-3-7-23(31)32/h8-13,15,19-20H,1-7,14H2,(H,28,33)(H,29,34). The van der Waals surface area contributed by atoms with E-state index >= 15 is 0 Å². The van der Waals surface area contributed by atoms with Gasteiger partial charge in [0, 0.05) is 41.7 Å². The molecule has 0 spiro atoms. The fourth-order valence-electron chi connectivity index (χ4n) is 4.85. The normalized spacial score (nSPS) is 20.6. The van der Waals surface area contributed by atoms with E-state index in [2.05, 4.69) is 15.6 Å². The van der Waals surface area contributed by atoms with Crippen LogP contribution < -0.4 is 15.5 Å². The average Bonchev–Trinajstić information content (AvgIpc) is 3.29. The van der Waals surface area contributed by atoms with E-state index in [1.807, 2.05) is 24.3 Å². The maximum absolute atomic E-state index is 13.0. The van der Waals surface area contributed by atoms with Crippen molar-refractivity contribution < 1.29 is 14.4 Å². The number of piperidine rings is 1.